The Morgan fingerprint density at radius 3 is 2.58 bits per heavy atom. The van der Waals surface area contributed by atoms with E-state index in [0.29, 0.717) is 5.56 Å². The first-order valence-electron chi connectivity index (χ1n) is 6.62. The summed E-state index contributed by atoms with van der Waals surface area (Å²) in [6.07, 6.45) is 1.26. The molecule has 0 N–H and O–H groups in total. The van der Waals surface area contributed by atoms with E-state index in [2.05, 4.69) is 4.74 Å². The third-order valence-electron chi connectivity index (χ3n) is 3.09. The molecule has 1 aromatic heterocycles. The van der Waals surface area contributed by atoms with Gasteiger partial charge in [-0.3, -0.25) is 10.1 Å². The standard InChI is InChI=1S/C15H13NO8/c1-21-12-4-3-9(7-11(12)16(19)20)14(17)24-8-10-5-6-23-13(10)15(18)22-2/h3-7H,8H2,1-2H3. The maximum absolute atomic E-state index is 12.0. The van der Waals surface area contributed by atoms with Gasteiger partial charge in [0.05, 0.1) is 31.0 Å². The second kappa shape index (κ2) is 7.27. The summed E-state index contributed by atoms with van der Waals surface area (Å²) in [6, 6.07) is 5.14. The minimum Gasteiger partial charge on any atom is -0.490 e. The van der Waals surface area contributed by atoms with E-state index in [-0.39, 0.29) is 29.4 Å². The normalized spacial score (nSPS) is 10.1. The highest BCUT2D eigenvalue weighted by atomic mass is 16.6. The van der Waals surface area contributed by atoms with E-state index in [1.54, 1.807) is 0 Å². The van der Waals surface area contributed by atoms with E-state index in [4.69, 9.17) is 13.9 Å². The molecule has 1 heterocycles. The molecule has 0 fully saturated rings. The zero-order valence-electron chi connectivity index (χ0n) is 12.8. The Bertz CT molecular complexity index is 780. The number of rotatable bonds is 6. The molecule has 2 aromatic rings. The summed E-state index contributed by atoms with van der Waals surface area (Å²) in [4.78, 5) is 33.8. The Morgan fingerprint density at radius 2 is 1.96 bits per heavy atom. The van der Waals surface area contributed by atoms with Gasteiger partial charge in [-0.2, -0.15) is 0 Å². The van der Waals surface area contributed by atoms with Crippen LogP contribution < -0.4 is 4.74 Å². The third-order valence-corrected chi connectivity index (χ3v) is 3.09. The van der Waals surface area contributed by atoms with Gasteiger partial charge in [0.25, 0.3) is 0 Å². The largest absolute Gasteiger partial charge is 0.490 e. The molecule has 0 radical (unpaired) electrons. The van der Waals surface area contributed by atoms with Gasteiger partial charge in [0.15, 0.2) is 5.75 Å². The number of nitro groups is 1. The molecule has 0 aliphatic rings. The molecule has 0 amide bonds. The Labute approximate surface area is 135 Å². The summed E-state index contributed by atoms with van der Waals surface area (Å²) in [5, 5.41) is 11.0. The highest BCUT2D eigenvalue weighted by molar-refractivity contribution is 5.91. The highest BCUT2D eigenvalue weighted by Gasteiger charge is 2.21. The van der Waals surface area contributed by atoms with Crippen LogP contribution in [0.5, 0.6) is 5.75 Å². The van der Waals surface area contributed by atoms with Crippen molar-refractivity contribution in [2.45, 2.75) is 6.61 Å². The third kappa shape index (κ3) is 3.51. The van der Waals surface area contributed by atoms with Crippen LogP contribution in [0.1, 0.15) is 26.5 Å². The molecule has 9 nitrogen and oxygen atoms in total. The molecule has 0 bridgehead atoms. The summed E-state index contributed by atoms with van der Waals surface area (Å²) in [5.41, 5.74) is -0.0608. The summed E-state index contributed by atoms with van der Waals surface area (Å²) in [7, 11) is 2.48. The second-order valence-electron chi connectivity index (χ2n) is 4.49. The van der Waals surface area contributed by atoms with Gasteiger partial charge in [0, 0.05) is 11.6 Å². The molecule has 0 saturated carbocycles. The smallest absolute Gasteiger partial charge is 0.374 e. The highest BCUT2D eigenvalue weighted by Crippen LogP contribution is 2.28. The fraction of sp³-hybridized carbons (Fsp3) is 0.200. The molecule has 0 unspecified atom stereocenters. The van der Waals surface area contributed by atoms with E-state index >= 15 is 0 Å². The van der Waals surface area contributed by atoms with Crippen molar-refractivity contribution in [2.75, 3.05) is 14.2 Å². The minimum atomic E-state index is -0.794. The summed E-state index contributed by atoms with van der Waals surface area (Å²) in [6.45, 7) is -0.250. The molecule has 1 aromatic carbocycles. The van der Waals surface area contributed by atoms with Crippen LogP contribution in [0.15, 0.2) is 34.9 Å². The number of furan rings is 1. The van der Waals surface area contributed by atoms with Gasteiger partial charge in [-0.15, -0.1) is 0 Å². The molecule has 0 atom stereocenters. The fourth-order valence-electron chi connectivity index (χ4n) is 1.91. The number of hydrogen-bond donors (Lipinski definition) is 0. The molecule has 9 heteroatoms. The van der Waals surface area contributed by atoms with Gasteiger partial charge < -0.3 is 18.6 Å². The lowest BCUT2D eigenvalue weighted by atomic mass is 10.2. The van der Waals surface area contributed by atoms with Crippen LogP contribution >= 0.6 is 0 Å². The van der Waals surface area contributed by atoms with Crippen LogP contribution in [0.4, 0.5) is 5.69 Å². The van der Waals surface area contributed by atoms with Crippen molar-refractivity contribution >= 4 is 17.6 Å². The Balaban J connectivity index is 2.14. The summed E-state index contributed by atoms with van der Waals surface area (Å²) in [5.74, 6) is -1.55. The minimum absolute atomic E-state index is 0.0226. The number of nitro benzene ring substituents is 1. The van der Waals surface area contributed by atoms with Crippen LogP contribution in [0.2, 0.25) is 0 Å². The molecule has 0 aliphatic carbocycles. The van der Waals surface area contributed by atoms with Crippen molar-refractivity contribution in [3.8, 4) is 5.75 Å². The van der Waals surface area contributed by atoms with Gasteiger partial charge in [-0.25, -0.2) is 9.59 Å². The van der Waals surface area contributed by atoms with Crippen molar-refractivity contribution in [1.82, 2.24) is 0 Å². The Morgan fingerprint density at radius 1 is 1.21 bits per heavy atom. The number of ether oxygens (including phenoxy) is 3. The van der Waals surface area contributed by atoms with Crippen LogP contribution in [-0.2, 0) is 16.1 Å². The van der Waals surface area contributed by atoms with E-state index in [9.17, 15) is 19.7 Å². The zero-order valence-corrected chi connectivity index (χ0v) is 12.8. The number of benzene rings is 1. The molecule has 126 valence electrons. The van der Waals surface area contributed by atoms with Crippen LogP contribution in [0.25, 0.3) is 0 Å². The van der Waals surface area contributed by atoms with Crippen molar-refractivity contribution in [1.29, 1.82) is 0 Å². The molecular weight excluding hydrogens is 322 g/mol. The first-order chi connectivity index (χ1) is 11.5. The molecule has 24 heavy (non-hydrogen) atoms. The second-order valence-corrected chi connectivity index (χ2v) is 4.49. The quantitative estimate of drug-likeness (QED) is 0.448. The average molecular weight is 335 g/mol. The number of carbonyl (C=O) groups is 2. The lowest BCUT2D eigenvalue weighted by Gasteiger charge is -2.06. The maximum Gasteiger partial charge on any atom is 0.374 e. The SMILES string of the molecule is COC(=O)c1occc1COC(=O)c1ccc(OC)c([N+](=O)[O-])c1. The maximum atomic E-state index is 12.0. The fourth-order valence-corrected chi connectivity index (χ4v) is 1.91. The molecular formula is C15H13NO8. The first-order valence-corrected chi connectivity index (χ1v) is 6.62. The van der Waals surface area contributed by atoms with Gasteiger partial charge in [-0.05, 0) is 18.2 Å². The van der Waals surface area contributed by atoms with Crippen molar-refractivity contribution in [2.24, 2.45) is 0 Å². The van der Waals surface area contributed by atoms with Crippen molar-refractivity contribution in [3.63, 3.8) is 0 Å². The average Bonchev–Trinajstić information content (AvgIpc) is 3.06. The van der Waals surface area contributed by atoms with Crippen LogP contribution in [-0.4, -0.2) is 31.1 Å². The van der Waals surface area contributed by atoms with Crippen molar-refractivity contribution in [3.05, 3.63) is 57.5 Å². The van der Waals surface area contributed by atoms with E-state index in [1.165, 1.54) is 38.7 Å². The number of methoxy groups -OCH3 is 2. The van der Waals surface area contributed by atoms with Gasteiger partial charge in [-0.1, -0.05) is 0 Å². The topological polar surface area (TPSA) is 118 Å². The van der Waals surface area contributed by atoms with Gasteiger partial charge in [0.2, 0.25) is 5.76 Å². The number of hydrogen-bond acceptors (Lipinski definition) is 8. The summed E-state index contributed by atoms with van der Waals surface area (Å²) >= 11 is 0. The number of esters is 2. The van der Waals surface area contributed by atoms with E-state index in [1.807, 2.05) is 0 Å². The monoisotopic (exact) mass is 335 g/mol. The lowest BCUT2D eigenvalue weighted by Crippen LogP contribution is -2.09. The van der Waals surface area contributed by atoms with E-state index < -0.39 is 16.9 Å². The van der Waals surface area contributed by atoms with Gasteiger partial charge in [0.1, 0.15) is 6.61 Å². The number of nitrogens with zero attached hydrogens (tertiary/aromatic N) is 1. The zero-order chi connectivity index (χ0) is 17.7. The number of carbonyl (C=O) groups excluding carboxylic acids is 2. The molecule has 0 saturated heterocycles. The van der Waals surface area contributed by atoms with E-state index in [0.717, 1.165) is 6.07 Å². The van der Waals surface area contributed by atoms with Gasteiger partial charge >= 0.3 is 17.6 Å². The molecule has 0 aliphatic heterocycles. The van der Waals surface area contributed by atoms with Crippen LogP contribution in [0.3, 0.4) is 0 Å². The predicted molar refractivity (Wildman–Crippen MR) is 78.8 cm³/mol. The Hall–Kier alpha value is -3.36. The van der Waals surface area contributed by atoms with Crippen LogP contribution in [0, 0.1) is 10.1 Å². The lowest BCUT2D eigenvalue weighted by molar-refractivity contribution is -0.385. The Kier molecular flexibility index (Phi) is 5.15. The first kappa shape index (κ1) is 17.0. The molecule has 2 rings (SSSR count). The molecule has 0 spiro atoms. The summed E-state index contributed by atoms with van der Waals surface area (Å²) < 4.78 is 19.4. The predicted octanol–water partition coefficient (Wildman–Crippen LogP) is 2.34. The van der Waals surface area contributed by atoms with Crippen molar-refractivity contribution < 1.29 is 33.1 Å².